The van der Waals surface area contributed by atoms with Crippen molar-refractivity contribution in [3.63, 3.8) is 0 Å². The van der Waals surface area contributed by atoms with Gasteiger partial charge in [0.15, 0.2) is 0 Å². The van der Waals surface area contributed by atoms with Gasteiger partial charge in [0.25, 0.3) is 0 Å². The van der Waals surface area contributed by atoms with Crippen molar-refractivity contribution in [1.29, 1.82) is 0 Å². The van der Waals surface area contributed by atoms with Crippen LogP contribution >= 0.6 is 12.4 Å². The van der Waals surface area contributed by atoms with Crippen molar-refractivity contribution >= 4 is 12.4 Å². The van der Waals surface area contributed by atoms with Gasteiger partial charge in [-0.2, -0.15) is 0 Å². The molecule has 0 fully saturated rings. The Bertz CT molecular complexity index is 878. The molecule has 0 amide bonds. The molecule has 4 N–H and O–H groups in total. The molecule has 7 nitrogen and oxygen atoms in total. The van der Waals surface area contributed by atoms with Gasteiger partial charge in [-0.1, -0.05) is 41.6 Å². The maximum Gasteiger partial charge on any atom is 0.118 e. The summed E-state index contributed by atoms with van der Waals surface area (Å²) in [5.41, 5.74) is 8.97. The molecular weight excluding hydrogens is 392 g/mol. The molecule has 1 heterocycles. The highest BCUT2D eigenvalue weighted by Crippen LogP contribution is 2.19. The van der Waals surface area contributed by atoms with Crippen molar-refractivity contribution in [3.05, 3.63) is 65.9 Å². The average molecular weight is 419 g/mol. The fraction of sp³-hybridized carbons (Fsp3) is 0.333. The van der Waals surface area contributed by atoms with Crippen LogP contribution in [0.1, 0.15) is 17.5 Å². The predicted octanol–water partition coefficient (Wildman–Crippen LogP) is 2.04. The lowest BCUT2D eigenvalue weighted by Gasteiger charge is -2.24. The number of ether oxygens (including phenoxy) is 1. The second-order valence-electron chi connectivity index (χ2n) is 7.02. The molecule has 0 aliphatic carbocycles. The Morgan fingerprint density at radius 2 is 1.62 bits per heavy atom. The second-order valence-corrected chi connectivity index (χ2v) is 7.02. The Kier molecular flexibility index (Phi) is 8.16. The van der Waals surface area contributed by atoms with Crippen molar-refractivity contribution < 1.29 is 14.9 Å². The van der Waals surface area contributed by atoms with E-state index in [1.54, 1.807) is 11.8 Å². The van der Waals surface area contributed by atoms with Crippen LogP contribution in [0, 0.1) is 0 Å². The quantitative estimate of drug-likeness (QED) is 0.491. The number of nitrogens with two attached hydrogens (primary N) is 1. The van der Waals surface area contributed by atoms with Crippen molar-refractivity contribution in [1.82, 2.24) is 15.0 Å². The molecule has 3 rings (SSSR count). The van der Waals surface area contributed by atoms with Gasteiger partial charge in [-0.15, -0.1) is 17.5 Å². The van der Waals surface area contributed by atoms with E-state index in [1.807, 2.05) is 54.7 Å². The Hall–Kier alpha value is -2.45. The highest BCUT2D eigenvalue weighted by atomic mass is 35.5. The molecule has 29 heavy (non-hydrogen) atoms. The van der Waals surface area contributed by atoms with Gasteiger partial charge >= 0.3 is 0 Å². The number of halogens is 1. The third-order valence-corrected chi connectivity index (χ3v) is 4.83. The van der Waals surface area contributed by atoms with E-state index in [0.29, 0.717) is 19.4 Å². The van der Waals surface area contributed by atoms with E-state index in [1.165, 1.54) is 0 Å². The molecule has 0 saturated carbocycles. The molecule has 0 atom stereocenters. The van der Waals surface area contributed by atoms with Crippen LogP contribution in [0.4, 0.5) is 0 Å². The molecule has 0 aliphatic heterocycles. The molecule has 0 bridgehead atoms. The molecule has 3 aromatic rings. The standard InChI is InChI=1S/C21H26N4O3.ClH/c1-28-19-8-4-17(5-9-19)12-25-13-20(23-24-25)18-6-2-16(3-7-18)10-11-21(22,14-26)15-27;/h2-9,13,26-27H,10-12,14-15,22H2,1H3;1H. The van der Waals surface area contributed by atoms with Crippen LogP contribution in [0.15, 0.2) is 54.7 Å². The summed E-state index contributed by atoms with van der Waals surface area (Å²) in [6, 6.07) is 15.9. The summed E-state index contributed by atoms with van der Waals surface area (Å²) in [5, 5.41) is 27.0. The van der Waals surface area contributed by atoms with Gasteiger partial charge in [-0.3, -0.25) is 0 Å². The molecular formula is C21H27ClN4O3. The maximum atomic E-state index is 9.28. The number of hydrogen-bond donors (Lipinski definition) is 3. The number of rotatable bonds is 9. The summed E-state index contributed by atoms with van der Waals surface area (Å²) in [7, 11) is 1.65. The van der Waals surface area contributed by atoms with Gasteiger partial charge in [-0.25, -0.2) is 4.68 Å². The van der Waals surface area contributed by atoms with E-state index in [2.05, 4.69) is 10.3 Å². The van der Waals surface area contributed by atoms with Crippen LogP contribution in [0.5, 0.6) is 5.75 Å². The van der Waals surface area contributed by atoms with Crippen LogP contribution in [0.25, 0.3) is 11.3 Å². The molecule has 0 radical (unpaired) electrons. The minimum atomic E-state index is -0.942. The molecule has 8 heteroatoms. The summed E-state index contributed by atoms with van der Waals surface area (Å²) in [4.78, 5) is 0. The van der Waals surface area contributed by atoms with Crippen LogP contribution < -0.4 is 10.5 Å². The Balaban J connectivity index is 0.00000300. The van der Waals surface area contributed by atoms with Crippen LogP contribution in [-0.2, 0) is 13.0 Å². The summed E-state index contributed by atoms with van der Waals surface area (Å²) >= 11 is 0. The number of aromatic nitrogens is 3. The van der Waals surface area contributed by atoms with Gasteiger partial charge in [0, 0.05) is 5.56 Å². The van der Waals surface area contributed by atoms with E-state index < -0.39 is 5.54 Å². The lowest BCUT2D eigenvalue weighted by Crippen LogP contribution is -2.47. The Labute approximate surface area is 176 Å². The van der Waals surface area contributed by atoms with Crippen LogP contribution in [0.2, 0.25) is 0 Å². The minimum Gasteiger partial charge on any atom is -0.497 e. The van der Waals surface area contributed by atoms with E-state index in [0.717, 1.165) is 28.1 Å². The van der Waals surface area contributed by atoms with E-state index in [9.17, 15) is 10.2 Å². The molecule has 0 unspecified atom stereocenters. The highest BCUT2D eigenvalue weighted by Gasteiger charge is 2.22. The number of benzene rings is 2. The van der Waals surface area contributed by atoms with Crippen molar-refractivity contribution in [3.8, 4) is 17.0 Å². The van der Waals surface area contributed by atoms with E-state index in [4.69, 9.17) is 10.5 Å². The zero-order valence-electron chi connectivity index (χ0n) is 16.4. The summed E-state index contributed by atoms with van der Waals surface area (Å²) < 4.78 is 6.98. The second kappa shape index (κ2) is 10.4. The molecule has 2 aromatic carbocycles. The van der Waals surface area contributed by atoms with Crippen molar-refractivity contribution in [2.24, 2.45) is 5.73 Å². The minimum absolute atomic E-state index is 0. The summed E-state index contributed by atoms with van der Waals surface area (Å²) in [6.07, 6.45) is 3.11. The first-order chi connectivity index (χ1) is 13.5. The van der Waals surface area contributed by atoms with Gasteiger partial charge in [0.05, 0.1) is 38.6 Å². The summed E-state index contributed by atoms with van der Waals surface area (Å²) in [5.74, 6) is 0.827. The van der Waals surface area contributed by atoms with Gasteiger partial charge in [-0.05, 0) is 36.1 Å². The molecule has 156 valence electrons. The number of aryl methyl sites for hydroxylation is 1. The highest BCUT2D eigenvalue weighted by molar-refractivity contribution is 5.85. The molecule has 0 saturated heterocycles. The fourth-order valence-electron chi connectivity index (χ4n) is 2.87. The average Bonchev–Trinajstić information content (AvgIpc) is 3.21. The third kappa shape index (κ3) is 6.01. The maximum absolute atomic E-state index is 9.28. The number of aliphatic hydroxyl groups is 2. The zero-order valence-corrected chi connectivity index (χ0v) is 17.2. The van der Waals surface area contributed by atoms with Crippen LogP contribution in [-0.4, -0.2) is 51.1 Å². The first kappa shape index (κ1) is 22.8. The molecule has 0 aliphatic rings. The van der Waals surface area contributed by atoms with E-state index in [-0.39, 0.29) is 25.6 Å². The first-order valence-electron chi connectivity index (χ1n) is 9.18. The van der Waals surface area contributed by atoms with E-state index >= 15 is 0 Å². The largest absolute Gasteiger partial charge is 0.497 e. The number of aliphatic hydroxyl groups excluding tert-OH is 2. The predicted molar refractivity (Wildman–Crippen MR) is 114 cm³/mol. The lowest BCUT2D eigenvalue weighted by atomic mass is 9.93. The summed E-state index contributed by atoms with van der Waals surface area (Å²) in [6.45, 7) is 0.160. The lowest BCUT2D eigenvalue weighted by molar-refractivity contribution is 0.115. The third-order valence-electron chi connectivity index (χ3n) is 4.83. The Morgan fingerprint density at radius 3 is 2.21 bits per heavy atom. The fourth-order valence-corrected chi connectivity index (χ4v) is 2.87. The smallest absolute Gasteiger partial charge is 0.118 e. The van der Waals surface area contributed by atoms with Crippen LogP contribution in [0.3, 0.4) is 0 Å². The normalized spacial score (nSPS) is 11.2. The van der Waals surface area contributed by atoms with Gasteiger partial charge in [0.1, 0.15) is 11.4 Å². The zero-order chi connectivity index (χ0) is 20.0. The molecule has 1 aromatic heterocycles. The number of hydrogen-bond acceptors (Lipinski definition) is 6. The first-order valence-corrected chi connectivity index (χ1v) is 9.18. The Morgan fingerprint density at radius 1 is 1.00 bits per heavy atom. The number of methoxy groups -OCH3 is 1. The molecule has 0 spiro atoms. The number of nitrogens with zero attached hydrogens (tertiary/aromatic N) is 3. The van der Waals surface area contributed by atoms with Gasteiger partial charge < -0.3 is 20.7 Å². The SMILES string of the molecule is COc1ccc(Cn2cc(-c3ccc(CCC(N)(CO)CO)cc3)nn2)cc1.Cl. The van der Waals surface area contributed by atoms with Crippen molar-refractivity contribution in [2.45, 2.75) is 24.9 Å². The van der Waals surface area contributed by atoms with Crippen molar-refractivity contribution in [2.75, 3.05) is 20.3 Å². The van der Waals surface area contributed by atoms with Gasteiger partial charge in [0.2, 0.25) is 0 Å². The monoisotopic (exact) mass is 418 g/mol. The topological polar surface area (TPSA) is 106 Å².